The Labute approximate surface area is 177 Å². The van der Waals surface area contributed by atoms with Crippen LogP contribution < -0.4 is 0 Å². The second kappa shape index (κ2) is 9.52. The van der Waals surface area contributed by atoms with Gasteiger partial charge in [0.15, 0.2) is 0 Å². The summed E-state index contributed by atoms with van der Waals surface area (Å²) in [5.74, 6) is -0.358. The molecule has 1 heterocycles. The van der Waals surface area contributed by atoms with Crippen LogP contribution in [0.15, 0.2) is 54.6 Å². The number of hydrogen-bond donors (Lipinski definition) is 0. The Balaban J connectivity index is 1.48. The third-order valence-corrected chi connectivity index (χ3v) is 6.56. The third kappa shape index (κ3) is 4.78. The Hall–Kier alpha value is -2.53. The van der Waals surface area contributed by atoms with Crippen molar-refractivity contribution in [3.05, 3.63) is 71.5 Å². The van der Waals surface area contributed by atoms with E-state index in [9.17, 15) is 14.0 Å². The zero-order chi connectivity index (χ0) is 20.9. The van der Waals surface area contributed by atoms with E-state index in [-0.39, 0.29) is 36.3 Å². The van der Waals surface area contributed by atoms with Crippen molar-refractivity contribution in [1.82, 2.24) is 4.90 Å². The van der Waals surface area contributed by atoms with Crippen molar-refractivity contribution < 1.29 is 18.7 Å². The number of likely N-dealkylation sites (tertiary alicyclic amines) is 1. The highest BCUT2D eigenvalue weighted by Crippen LogP contribution is 2.37. The van der Waals surface area contributed by atoms with Crippen LogP contribution in [0.1, 0.15) is 42.7 Å². The predicted molar refractivity (Wildman–Crippen MR) is 112 cm³/mol. The van der Waals surface area contributed by atoms with Crippen LogP contribution in [0.3, 0.4) is 0 Å². The molecule has 0 amide bonds. The second-order valence-corrected chi connectivity index (χ2v) is 8.56. The van der Waals surface area contributed by atoms with E-state index in [2.05, 4.69) is 4.90 Å². The van der Waals surface area contributed by atoms with Crippen LogP contribution in [0.4, 0.5) is 4.39 Å². The number of aldehydes is 1. The second-order valence-electron chi connectivity index (χ2n) is 8.56. The molecule has 0 aromatic heterocycles. The molecular formula is C25H28FNO3. The molecule has 0 N–H and O–H groups in total. The van der Waals surface area contributed by atoms with Gasteiger partial charge in [0.25, 0.3) is 0 Å². The van der Waals surface area contributed by atoms with Gasteiger partial charge in [-0.25, -0.2) is 4.39 Å². The van der Waals surface area contributed by atoms with E-state index in [1.54, 1.807) is 6.07 Å². The first kappa shape index (κ1) is 20.7. The quantitative estimate of drug-likeness (QED) is 0.481. The lowest BCUT2D eigenvalue weighted by atomic mass is 9.80. The van der Waals surface area contributed by atoms with Crippen LogP contribution in [0.25, 0.3) is 0 Å². The molecule has 1 aliphatic heterocycles. The molecule has 0 bridgehead atoms. The molecule has 4 nitrogen and oxygen atoms in total. The summed E-state index contributed by atoms with van der Waals surface area (Å²) in [7, 11) is 0. The van der Waals surface area contributed by atoms with Gasteiger partial charge in [0.2, 0.25) is 0 Å². The van der Waals surface area contributed by atoms with E-state index >= 15 is 0 Å². The summed E-state index contributed by atoms with van der Waals surface area (Å²) in [5.41, 5.74) is 1.77. The van der Waals surface area contributed by atoms with Crippen LogP contribution in [0, 0.1) is 17.7 Å². The summed E-state index contributed by atoms with van der Waals surface area (Å²) in [6.45, 7) is 1.31. The van der Waals surface area contributed by atoms with Gasteiger partial charge in [-0.3, -0.25) is 9.69 Å². The SMILES string of the molecule is O=CC1CN(C(CC2CCC2)C(=O)OCc2ccccc2)CC1c1cccc(F)c1. The molecule has 30 heavy (non-hydrogen) atoms. The minimum Gasteiger partial charge on any atom is -0.460 e. The van der Waals surface area contributed by atoms with Gasteiger partial charge in [-0.05, 0) is 35.6 Å². The lowest BCUT2D eigenvalue weighted by Gasteiger charge is -2.33. The summed E-state index contributed by atoms with van der Waals surface area (Å²) < 4.78 is 19.4. The number of esters is 1. The van der Waals surface area contributed by atoms with E-state index in [4.69, 9.17) is 4.74 Å². The summed E-state index contributed by atoms with van der Waals surface area (Å²) in [4.78, 5) is 26.9. The van der Waals surface area contributed by atoms with E-state index in [0.29, 0.717) is 19.0 Å². The number of ether oxygens (including phenoxy) is 1. The topological polar surface area (TPSA) is 46.6 Å². The molecule has 2 aromatic carbocycles. The fraction of sp³-hybridized carbons (Fsp3) is 0.440. The van der Waals surface area contributed by atoms with Crippen LogP contribution in [0.5, 0.6) is 0 Å². The fourth-order valence-electron chi connectivity index (χ4n) is 4.61. The maximum atomic E-state index is 13.7. The molecule has 3 atom stereocenters. The van der Waals surface area contributed by atoms with E-state index in [0.717, 1.165) is 36.7 Å². The van der Waals surface area contributed by atoms with Gasteiger partial charge in [-0.2, -0.15) is 0 Å². The van der Waals surface area contributed by atoms with Gasteiger partial charge >= 0.3 is 5.97 Å². The number of carbonyl (C=O) groups excluding carboxylic acids is 2. The average molecular weight is 410 g/mol. The summed E-state index contributed by atoms with van der Waals surface area (Å²) in [6, 6.07) is 15.7. The van der Waals surface area contributed by atoms with Crippen molar-refractivity contribution in [2.75, 3.05) is 13.1 Å². The number of rotatable bonds is 8. The van der Waals surface area contributed by atoms with Crippen molar-refractivity contribution in [2.24, 2.45) is 11.8 Å². The van der Waals surface area contributed by atoms with Gasteiger partial charge < -0.3 is 9.53 Å². The highest BCUT2D eigenvalue weighted by atomic mass is 19.1. The van der Waals surface area contributed by atoms with E-state index in [1.165, 1.54) is 18.6 Å². The molecule has 3 unspecified atom stereocenters. The molecule has 2 aromatic rings. The zero-order valence-corrected chi connectivity index (χ0v) is 17.1. The maximum absolute atomic E-state index is 13.7. The number of carbonyl (C=O) groups is 2. The van der Waals surface area contributed by atoms with Gasteiger partial charge in [-0.1, -0.05) is 61.7 Å². The molecule has 158 valence electrons. The summed E-state index contributed by atoms with van der Waals surface area (Å²) >= 11 is 0. The highest BCUT2D eigenvalue weighted by molar-refractivity contribution is 5.76. The molecular weight excluding hydrogens is 381 g/mol. The Morgan fingerprint density at radius 1 is 1.13 bits per heavy atom. The number of hydrogen-bond acceptors (Lipinski definition) is 4. The van der Waals surface area contributed by atoms with Gasteiger partial charge in [0.05, 0.1) is 0 Å². The molecule has 1 saturated heterocycles. The lowest BCUT2D eigenvalue weighted by Crippen LogP contribution is -2.43. The maximum Gasteiger partial charge on any atom is 0.323 e. The van der Waals surface area contributed by atoms with Crippen molar-refractivity contribution in [2.45, 2.75) is 44.2 Å². The van der Waals surface area contributed by atoms with Crippen molar-refractivity contribution in [1.29, 1.82) is 0 Å². The minimum absolute atomic E-state index is 0.107. The number of nitrogens with zero attached hydrogens (tertiary/aromatic N) is 1. The predicted octanol–water partition coefficient (Wildman–Crippen LogP) is 4.34. The van der Waals surface area contributed by atoms with E-state index < -0.39 is 0 Å². The molecule has 0 spiro atoms. The summed E-state index contributed by atoms with van der Waals surface area (Å²) in [6.07, 6.45) is 5.20. The van der Waals surface area contributed by atoms with Gasteiger partial charge in [0.1, 0.15) is 24.8 Å². The Morgan fingerprint density at radius 2 is 1.93 bits per heavy atom. The van der Waals surface area contributed by atoms with E-state index in [1.807, 2.05) is 36.4 Å². The molecule has 1 saturated carbocycles. The molecule has 0 radical (unpaired) electrons. The highest BCUT2D eigenvalue weighted by Gasteiger charge is 2.41. The largest absolute Gasteiger partial charge is 0.460 e. The Bertz CT molecular complexity index is 868. The Morgan fingerprint density at radius 3 is 2.60 bits per heavy atom. The lowest BCUT2D eigenvalue weighted by molar-refractivity contribution is -0.152. The van der Waals surface area contributed by atoms with Gasteiger partial charge in [-0.15, -0.1) is 0 Å². The van der Waals surface area contributed by atoms with Crippen LogP contribution >= 0.6 is 0 Å². The minimum atomic E-state index is -0.361. The van der Waals surface area contributed by atoms with Crippen LogP contribution in [0.2, 0.25) is 0 Å². The summed E-state index contributed by atoms with van der Waals surface area (Å²) in [5, 5.41) is 0. The zero-order valence-electron chi connectivity index (χ0n) is 17.1. The molecule has 5 heteroatoms. The normalized spacial score (nSPS) is 23.0. The van der Waals surface area contributed by atoms with Crippen LogP contribution in [-0.2, 0) is 20.9 Å². The van der Waals surface area contributed by atoms with Gasteiger partial charge in [0, 0.05) is 24.9 Å². The standard InChI is InChI=1S/C25H28FNO3/c26-22-11-5-10-20(13-22)23-15-27(14-21(23)16-28)24(12-18-8-4-9-18)25(29)30-17-19-6-2-1-3-7-19/h1-3,5-7,10-11,13,16,18,21,23-24H,4,8-9,12,14-15,17H2. The number of halogens is 1. The van der Waals surface area contributed by atoms with Crippen LogP contribution in [-0.4, -0.2) is 36.3 Å². The average Bonchev–Trinajstić information content (AvgIpc) is 3.16. The van der Waals surface area contributed by atoms with Crippen molar-refractivity contribution in [3.63, 3.8) is 0 Å². The molecule has 4 rings (SSSR count). The number of benzene rings is 2. The first-order valence-corrected chi connectivity index (χ1v) is 10.8. The Kier molecular flexibility index (Phi) is 6.58. The molecule has 1 aliphatic carbocycles. The third-order valence-electron chi connectivity index (χ3n) is 6.56. The van der Waals surface area contributed by atoms with Crippen molar-refractivity contribution in [3.8, 4) is 0 Å². The molecule has 2 fully saturated rings. The van der Waals surface area contributed by atoms with Crippen molar-refractivity contribution >= 4 is 12.3 Å². The fourth-order valence-corrected chi connectivity index (χ4v) is 4.61. The first-order chi connectivity index (χ1) is 14.6. The smallest absolute Gasteiger partial charge is 0.323 e. The molecule has 2 aliphatic rings. The first-order valence-electron chi connectivity index (χ1n) is 10.8. The monoisotopic (exact) mass is 409 g/mol.